The van der Waals surface area contributed by atoms with E-state index < -0.39 is 0 Å². The summed E-state index contributed by atoms with van der Waals surface area (Å²) in [5, 5.41) is 3.16. The van der Waals surface area contributed by atoms with Crippen molar-refractivity contribution in [3.05, 3.63) is 94.6 Å². The largest absolute Gasteiger partial charge is 0.352 e. The molecule has 6 rings (SSSR count). The van der Waals surface area contributed by atoms with Gasteiger partial charge in [0.2, 0.25) is 0 Å². The van der Waals surface area contributed by atoms with Gasteiger partial charge in [-0.3, -0.25) is 9.78 Å². The average molecular weight is 677 g/mol. The maximum absolute atomic E-state index is 12.3. The van der Waals surface area contributed by atoms with E-state index in [1.807, 2.05) is 12.3 Å². The Bertz CT molecular complexity index is 1900. The summed E-state index contributed by atoms with van der Waals surface area (Å²) in [5.74, 6) is -0.0433. The number of hydrogen-bond acceptors (Lipinski definition) is 2. The number of benzene rings is 3. The van der Waals surface area contributed by atoms with E-state index in [1.165, 1.54) is 44.8 Å². The first-order valence-corrected chi connectivity index (χ1v) is 12.7. The third kappa shape index (κ3) is 3.84. The number of aromatic nitrogens is 3. The molecule has 0 bridgehead atoms. The quantitative estimate of drug-likeness (QED) is 0.109. The third-order valence-electron chi connectivity index (χ3n) is 7.84. The Balaban J connectivity index is 0.00000294. The van der Waals surface area contributed by atoms with Gasteiger partial charge in [0.1, 0.15) is 5.69 Å². The zero-order valence-corrected chi connectivity index (χ0v) is 25.2. The van der Waals surface area contributed by atoms with Crippen LogP contribution < -0.4 is 0 Å². The maximum Gasteiger partial charge on any atom is 0.178 e. The van der Waals surface area contributed by atoms with Crippen molar-refractivity contribution < 1.29 is 24.9 Å². The molecule has 0 saturated heterocycles. The minimum atomic E-state index is -0.0433. The van der Waals surface area contributed by atoms with E-state index in [4.69, 9.17) is 4.98 Å². The monoisotopic (exact) mass is 677 g/mol. The number of carbonyl (C=O) groups excluding carboxylic acids is 1. The van der Waals surface area contributed by atoms with Crippen molar-refractivity contribution >= 4 is 33.1 Å². The van der Waals surface area contributed by atoms with Gasteiger partial charge in [0.05, 0.1) is 5.65 Å². The first kappa shape index (κ1) is 26.1. The molecule has 1 radical (unpaired) electrons. The third-order valence-corrected chi connectivity index (χ3v) is 7.84. The van der Waals surface area contributed by atoms with E-state index in [2.05, 4.69) is 99.2 Å². The van der Waals surface area contributed by atoms with E-state index in [9.17, 15) is 4.79 Å². The Morgan fingerprint density at radius 2 is 1.63 bits per heavy atom. The van der Waals surface area contributed by atoms with Crippen molar-refractivity contribution in [3.63, 3.8) is 0 Å². The van der Waals surface area contributed by atoms with Gasteiger partial charge in [-0.25, -0.2) is 0 Å². The molecule has 0 amide bonds. The van der Waals surface area contributed by atoms with Crippen molar-refractivity contribution in [3.8, 4) is 22.3 Å². The summed E-state index contributed by atoms with van der Waals surface area (Å²) >= 11 is 0. The van der Waals surface area contributed by atoms with Gasteiger partial charge in [-0.1, -0.05) is 46.2 Å². The second-order valence-corrected chi connectivity index (χ2v) is 10.4. The minimum Gasteiger partial charge on any atom is -0.352 e. The number of imidazole rings is 1. The van der Waals surface area contributed by atoms with Crippen LogP contribution in [0, 0.1) is 40.7 Å². The normalized spacial score (nSPS) is 11.4. The van der Waals surface area contributed by atoms with Gasteiger partial charge in [0.25, 0.3) is 0 Å². The van der Waals surface area contributed by atoms with Gasteiger partial charge in [-0.15, -0.1) is 18.2 Å². The molecule has 38 heavy (non-hydrogen) atoms. The van der Waals surface area contributed by atoms with Gasteiger partial charge in [-0.2, -0.15) is 0 Å². The number of rotatable bonds is 3. The minimum absolute atomic E-state index is 0. The molecule has 193 valence electrons. The van der Waals surface area contributed by atoms with Crippen LogP contribution >= 0.6 is 0 Å². The van der Waals surface area contributed by atoms with Gasteiger partial charge in [0.15, 0.2) is 5.78 Å². The first-order valence-electron chi connectivity index (χ1n) is 12.7. The standard InChI is InChI=1S/C33H30N3O.Ir/c1-18-13-19(2)31(20(3)14-18)24-11-12-30-28(16-24)32-25(27-15-21(4)35(7)22(27)5)9-8-10-26(32)33-34-29(23(6)37)17-36(30)33;/h8-9,11-17H,1-7H3;/q-1;. The van der Waals surface area contributed by atoms with Crippen LogP contribution in [0.2, 0.25) is 0 Å². The number of hydrogen-bond donors (Lipinski definition) is 0. The Morgan fingerprint density at radius 1 is 0.921 bits per heavy atom. The molecule has 5 heteroatoms. The van der Waals surface area contributed by atoms with Crippen molar-refractivity contribution in [2.75, 3.05) is 0 Å². The van der Waals surface area contributed by atoms with Crippen molar-refractivity contribution in [1.82, 2.24) is 14.0 Å². The number of carbonyl (C=O) groups is 1. The van der Waals surface area contributed by atoms with Crippen LogP contribution in [-0.2, 0) is 27.2 Å². The van der Waals surface area contributed by atoms with Gasteiger partial charge in [-0.05, 0) is 80.0 Å². The zero-order valence-electron chi connectivity index (χ0n) is 22.8. The van der Waals surface area contributed by atoms with Crippen LogP contribution in [0.25, 0.3) is 49.6 Å². The van der Waals surface area contributed by atoms with Crippen LogP contribution in [0.1, 0.15) is 45.5 Å². The number of nitrogens with zero attached hydrogens (tertiary/aromatic N) is 3. The predicted octanol–water partition coefficient (Wildman–Crippen LogP) is 7.86. The molecule has 0 fully saturated rings. The van der Waals surface area contributed by atoms with Crippen LogP contribution in [0.15, 0.2) is 54.7 Å². The summed E-state index contributed by atoms with van der Waals surface area (Å²) in [6.45, 7) is 12.4. The molecule has 0 aliphatic heterocycles. The second kappa shape index (κ2) is 9.34. The maximum atomic E-state index is 12.3. The fourth-order valence-corrected chi connectivity index (χ4v) is 5.95. The summed E-state index contributed by atoms with van der Waals surface area (Å²) < 4.78 is 4.28. The number of ketones is 1. The fraction of sp³-hybridized carbons (Fsp3) is 0.212. The molecule has 3 heterocycles. The molecule has 0 spiro atoms. The van der Waals surface area contributed by atoms with Gasteiger partial charge >= 0.3 is 0 Å². The number of aryl methyl sites for hydroxylation is 4. The van der Waals surface area contributed by atoms with Crippen LogP contribution in [0.4, 0.5) is 0 Å². The summed E-state index contributed by atoms with van der Waals surface area (Å²) in [7, 11) is 2.11. The summed E-state index contributed by atoms with van der Waals surface area (Å²) in [6.07, 6.45) is 1.86. The number of Topliss-reactive ketones (excluding diaryl/α,β-unsaturated/α-hetero) is 1. The molecule has 0 unspecified atom stereocenters. The Kier molecular flexibility index (Phi) is 6.41. The predicted molar refractivity (Wildman–Crippen MR) is 153 cm³/mol. The first-order chi connectivity index (χ1) is 17.7. The van der Waals surface area contributed by atoms with Gasteiger partial charge in [0, 0.05) is 57.2 Å². The molecule has 0 aliphatic rings. The van der Waals surface area contributed by atoms with Crippen LogP contribution in [0.3, 0.4) is 0 Å². The zero-order chi connectivity index (χ0) is 26.2. The van der Waals surface area contributed by atoms with Crippen LogP contribution in [0.5, 0.6) is 0 Å². The SMILES string of the molecule is CC(=O)c1cn2c3ccc(-c4c(C)cc(C)cc4C)cc3c3c(-c4cc(C)n(C)c4C)cc[c-]c3c2n1.[Ir]. The Morgan fingerprint density at radius 3 is 2.26 bits per heavy atom. The molecule has 3 aromatic carbocycles. The molecule has 6 aromatic rings. The molecule has 0 N–H and O–H groups in total. The van der Waals surface area contributed by atoms with E-state index in [0.717, 1.165) is 32.9 Å². The summed E-state index contributed by atoms with van der Waals surface area (Å²) in [6, 6.07) is 21.0. The molecule has 0 aliphatic carbocycles. The number of fused-ring (bicyclic) bond motifs is 6. The topological polar surface area (TPSA) is 39.3 Å². The molecule has 0 saturated carbocycles. The van der Waals surface area contributed by atoms with E-state index in [-0.39, 0.29) is 25.9 Å². The number of pyridine rings is 1. The molecule has 0 atom stereocenters. The smallest absolute Gasteiger partial charge is 0.178 e. The van der Waals surface area contributed by atoms with Crippen molar-refractivity contribution in [2.24, 2.45) is 7.05 Å². The molecular formula is C33H30IrN3O-. The Hall–Kier alpha value is -3.53. The molecular weight excluding hydrogens is 647 g/mol. The molecule has 4 nitrogen and oxygen atoms in total. The van der Waals surface area contributed by atoms with E-state index >= 15 is 0 Å². The summed E-state index contributed by atoms with van der Waals surface area (Å²) in [4.78, 5) is 17.1. The van der Waals surface area contributed by atoms with E-state index in [0.29, 0.717) is 5.69 Å². The van der Waals surface area contributed by atoms with Crippen molar-refractivity contribution in [2.45, 2.75) is 41.5 Å². The van der Waals surface area contributed by atoms with E-state index in [1.54, 1.807) is 6.92 Å². The van der Waals surface area contributed by atoms with Gasteiger partial charge < -0.3 is 8.97 Å². The fourth-order valence-electron chi connectivity index (χ4n) is 5.95. The summed E-state index contributed by atoms with van der Waals surface area (Å²) in [5.41, 5.74) is 13.3. The van der Waals surface area contributed by atoms with Crippen molar-refractivity contribution in [1.29, 1.82) is 0 Å². The van der Waals surface area contributed by atoms with Crippen LogP contribution in [-0.4, -0.2) is 19.7 Å². The average Bonchev–Trinajstić information content (AvgIpc) is 3.41. The molecule has 3 aromatic heterocycles. The Labute approximate surface area is 236 Å². The second-order valence-electron chi connectivity index (χ2n) is 10.4.